The lowest BCUT2D eigenvalue weighted by molar-refractivity contribution is -0.136. The van der Waals surface area contributed by atoms with Crippen molar-refractivity contribution in [2.75, 3.05) is 13.6 Å². The number of aliphatic carboxylic acids is 1. The van der Waals surface area contributed by atoms with Gasteiger partial charge in [0.1, 0.15) is 4.21 Å². The van der Waals surface area contributed by atoms with Gasteiger partial charge in [0.15, 0.2) is 0 Å². The number of sulfonamides is 1. The van der Waals surface area contributed by atoms with Crippen molar-refractivity contribution in [1.82, 2.24) is 4.31 Å². The van der Waals surface area contributed by atoms with E-state index < -0.39 is 16.0 Å². The van der Waals surface area contributed by atoms with Crippen molar-refractivity contribution in [3.8, 4) is 12.3 Å². The Kier molecular flexibility index (Phi) is 4.28. The first-order valence-corrected chi connectivity index (χ1v) is 6.84. The molecule has 1 aromatic rings. The van der Waals surface area contributed by atoms with Crippen LogP contribution in [0.3, 0.4) is 0 Å². The molecule has 1 rings (SSSR count). The average molecular weight is 273 g/mol. The van der Waals surface area contributed by atoms with Gasteiger partial charge >= 0.3 is 5.97 Å². The van der Waals surface area contributed by atoms with Gasteiger partial charge in [-0.25, -0.2) is 8.42 Å². The van der Waals surface area contributed by atoms with E-state index in [0.717, 1.165) is 15.6 Å². The van der Waals surface area contributed by atoms with Gasteiger partial charge in [0, 0.05) is 11.9 Å². The second-order valence-corrected chi connectivity index (χ2v) is 6.70. The molecule has 0 unspecified atom stereocenters. The maximum Gasteiger partial charge on any atom is 0.308 e. The van der Waals surface area contributed by atoms with Crippen molar-refractivity contribution in [2.24, 2.45) is 0 Å². The van der Waals surface area contributed by atoms with Gasteiger partial charge in [0.05, 0.1) is 13.0 Å². The van der Waals surface area contributed by atoms with E-state index in [0.29, 0.717) is 4.88 Å². The molecule has 0 aromatic carbocycles. The number of terminal acetylenes is 1. The van der Waals surface area contributed by atoms with Crippen LogP contribution in [0, 0.1) is 12.3 Å². The van der Waals surface area contributed by atoms with E-state index in [1.165, 1.54) is 19.2 Å². The molecule has 0 bridgehead atoms. The molecule has 0 aliphatic heterocycles. The minimum Gasteiger partial charge on any atom is -0.481 e. The highest BCUT2D eigenvalue weighted by molar-refractivity contribution is 7.91. The maximum atomic E-state index is 11.9. The Morgan fingerprint density at radius 1 is 1.59 bits per heavy atom. The summed E-state index contributed by atoms with van der Waals surface area (Å²) in [6.45, 7) is -0.0193. The zero-order valence-corrected chi connectivity index (χ0v) is 10.7. The number of thiophene rings is 1. The fraction of sp³-hybridized carbons (Fsp3) is 0.300. The summed E-state index contributed by atoms with van der Waals surface area (Å²) < 4.78 is 25.0. The lowest BCUT2D eigenvalue weighted by Gasteiger charge is -2.11. The molecule has 5 nitrogen and oxygen atoms in total. The topological polar surface area (TPSA) is 74.7 Å². The maximum absolute atomic E-state index is 11.9. The fourth-order valence-electron chi connectivity index (χ4n) is 1.11. The predicted molar refractivity (Wildman–Crippen MR) is 64.3 cm³/mol. The first-order chi connectivity index (χ1) is 7.87. The molecule has 17 heavy (non-hydrogen) atoms. The Balaban J connectivity index is 2.97. The molecule has 0 saturated heterocycles. The third kappa shape index (κ3) is 3.30. The molecule has 1 heterocycles. The lowest BCUT2D eigenvalue weighted by atomic mass is 10.3. The Hall–Kier alpha value is -1.36. The van der Waals surface area contributed by atoms with Crippen LogP contribution in [0.25, 0.3) is 0 Å². The third-order valence-corrected chi connectivity index (χ3v) is 5.30. The molecule has 0 amide bonds. The number of nitrogens with zero attached hydrogens (tertiary/aromatic N) is 1. The quantitative estimate of drug-likeness (QED) is 0.798. The number of carboxylic acid groups (broad SMARTS) is 1. The summed E-state index contributed by atoms with van der Waals surface area (Å²) in [5.74, 6) is 1.25. The van der Waals surface area contributed by atoms with Gasteiger partial charge in [0.2, 0.25) is 0 Å². The molecule has 0 atom stereocenters. The molecule has 0 fully saturated rings. The van der Waals surface area contributed by atoms with Gasteiger partial charge < -0.3 is 5.11 Å². The van der Waals surface area contributed by atoms with E-state index in [9.17, 15) is 13.2 Å². The molecule has 92 valence electrons. The second kappa shape index (κ2) is 5.31. The highest BCUT2D eigenvalue weighted by Crippen LogP contribution is 2.24. The molecule has 0 spiro atoms. The van der Waals surface area contributed by atoms with E-state index >= 15 is 0 Å². The molecule has 0 saturated carbocycles. The smallest absolute Gasteiger partial charge is 0.308 e. The number of carboxylic acids is 1. The minimum absolute atomic E-state index is 0.0193. The largest absolute Gasteiger partial charge is 0.481 e. The standard InChI is InChI=1S/C10H11NO4S2/c1-3-6-11(2)17(14,15)10-5-4-8(16-10)7-9(12)13/h1,4-5H,6-7H2,2H3,(H,12,13). The van der Waals surface area contributed by atoms with Crippen LogP contribution in [0.4, 0.5) is 0 Å². The summed E-state index contributed by atoms with van der Waals surface area (Å²) in [5.41, 5.74) is 0. The van der Waals surface area contributed by atoms with Gasteiger partial charge in [-0.1, -0.05) is 5.92 Å². The first-order valence-electron chi connectivity index (χ1n) is 4.58. The van der Waals surface area contributed by atoms with Gasteiger partial charge in [-0.3, -0.25) is 4.79 Å². The molecule has 0 aliphatic rings. The van der Waals surface area contributed by atoms with Gasteiger partial charge in [-0.15, -0.1) is 17.8 Å². The highest BCUT2D eigenvalue weighted by Gasteiger charge is 2.22. The van der Waals surface area contributed by atoms with Crippen molar-refractivity contribution in [3.05, 3.63) is 17.0 Å². The van der Waals surface area contributed by atoms with Crippen molar-refractivity contribution >= 4 is 27.3 Å². The summed E-state index contributed by atoms with van der Waals surface area (Å²) in [5, 5.41) is 8.59. The SMILES string of the molecule is C#CCN(C)S(=O)(=O)c1ccc(CC(=O)O)s1. The van der Waals surface area contributed by atoms with Gasteiger partial charge in [0.25, 0.3) is 10.0 Å². The Bertz CT molecular complexity index is 553. The molecule has 1 aromatic heterocycles. The monoisotopic (exact) mass is 273 g/mol. The van der Waals surface area contributed by atoms with Crippen LogP contribution < -0.4 is 0 Å². The molecular formula is C10H11NO4S2. The third-order valence-electron chi connectivity index (χ3n) is 1.94. The second-order valence-electron chi connectivity index (χ2n) is 3.26. The van der Waals surface area contributed by atoms with Crippen molar-refractivity contribution < 1.29 is 18.3 Å². The lowest BCUT2D eigenvalue weighted by Crippen LogP contribution is -2.26. The number of hydrogen-bond acceptors (Lipinski definition) is 4. The van der Waals surface area contributed by atoms with Crippen LogP contribution in [0.15, 0.2) is 16.3 Å². The average Bonchev–Trinajstić information content (AvgIpc) is 2.66. The van der Waals surface area contributed by atoms with Crippen molar-refractivity contribution in [1.29, 1.82) is 0 Å². The van der Waals surface area contributed by atoms with Crippen LogP contribution in [0.5, 0.6) is 0 Å². The predicted octanol–water partition coefficient (Wildman–Crippen LogP) is 0.629. The zero-order chi connectivity index (χ0) is 13.1. The van der Waals surface area contributed by atoms with E-state index in [2.05, 4.69) is 5.92 Å². The Labute approximate surface area is 104 Å². The minimum atomic E-state index is -3.60. The summed E-state index contributed by atoms with van der Waals surface area (Å²) in [6, 6.07) is 2.89. The van der Waals surface area contributed by atoms with Crippen LogP contribution in [-0.2, 0) is 21.2 Å². The first kappa shape index (κ1) is 13.7. The Morgan fingerprint density at radius 3 is 2.76 bits per heavy atom. The van der Waals surface area contributed by atoms with Crippen LogP contribution in [0.1, 0.15) is 4.88 Å². The van der Waals surface area contributed by atoms with E-state index in [1.807, 2.05) is 0 Å². The summed E-state index contributed by atoms with van der Waals surface area (Å²) in [6.07, 6.45) is 4.86. The van der Waals surface area contributed by atoms with Crippen molar-refractivity contribution in [3.63, 3.8) is 0 Å². The van der Waals surface area contributed by atoms with Crippen molar-refractivity contribution in [2.45, 2.75) is 10.6 Å². The molecule has 0 aliphatic carbocycles. The summed E-state index contributed by atoms with van der Waals surface area (Å²) >= 11 is 0.943. The fourth-order valence-corrected chi connectivity index (χ4v) is 3.75. The summed E-state index contributed by atoms with van der Waals surface area (Å²) in [7, 11) is -2.22. The van der Waals surface area contributed by atoms with Gasteiger partial charge in [-0.05, 0) is 12.1 Å². The zero-order valence-electron chi connectivity index (χ0n) is 9.08. The normalized spacial score (nSPS) is 11.4. The molecular weight excluding hydrogens is 262 g/mol. The van der Waals surface area contributed by atoms with Crippen LogP contribution in [-0.4, -0.2) is 37.4 Å². The molecule has 0 radical (unpaired) electrons. The highest BCUT2D eigenvalue weighted by atomic mass is 32.2. The number of hydrogen-bond donors (Lipinski definition) is 1. The van der Waals surface area contributed by atoms with E-state index in [1.54, 1.807) is 0 Å². The number of rotatable bonds is 5. The number of carbonyl (C=O) groups is 1. The Morgan fingerprint density at radius 2 is 2.24 bits per heavy atom. The van der Waals surface area contributed by atoms with Crippen LogP contribution >= 0.6 is 11.3 Å². The molecule has 1 N–H and O–H groups in total. The van der Waals surface area contributed by atoms with E-state index in [-0.39, 0.29) is 17.2 Å². The van der Waals surface area contributed by atoms with E-state index in [4.69, 9.17) is 11.5 Å². The molecule has 7 heteroatoms. The van der Waals surface area contributed by atoms with Gasteiger partial charge in [-0.2, -0.15) is 4.31 Å². The summed E-state index contributed by atoms with van der Waals surface area (Å²) in [4.78, 5) is 11.0. The van der Waals surface area contributed by atoms with Crippen LogP contribution in [0.2, 0.25) is 0 Å².